The van der Waals surface area contributed by atoms with Gasteiger partial charge in [-0.15, -0.1) is 0 Å². The summed E-state index contributed by atoms with van der Waals surface area (Å²) in [6.45, 7) is 8.04. The third kappa shape index (κ3) is 5.13. The van der Waals surface area contributed by atoms with Crippen LogP contribution in [0.25, 0.3) is 5.76 Å². The minimum absolute atomic E-state index is 0.0541. The van der Waals surface area contributed by atoms with E-state index in [0.717, 1.165) is 23.3 Å². The number of hydrogen-bond donors (Lipinski definition) is 1. The van der Waals surface area contributed by atoms with Gasteiger partial charge in [0, 0.05) is 5.56 Å². The Labute approximate surface area is 219 Å². The third-order valence-corrected chi connectivity index (χ3v) is 7.03. The smallest absolute Gasteiger partial charge is 0.350 e. The Bertz CT molecular complexity index is 1360. The van der Waals surface area contributed by atoms with Gasteiger partial charge in [-0.05, 0) is 57.0 Å². The maximum atomic E-state index is 13.4. The van der Waals surface area contributed by atoms with Crippen LogP contribution in [0.4, 0.5) is 5.13 Å². The molecule has 1 N–H and O–H groups in total. The number of nitrogens with zero attached hydrogens (tertiary/aromatic N) is 2. The largest absolute Gasteiger partial charge is 0.507 e. The minimum Gasteiger partial charge on any atom is -0.507 e. The maximum absolute atomic E-state index is 13.4. The number of Topliss-reactive ketones (excluding diaryl/α,β-unsaturated/α-hetero) is 1. The molecule has 2 heterocycles. The number of aromatic nitrogens is 1. The molecule has 0 spiro atoms. The first kappa shape index (κ1) is 26.1. The van der Waals surface area contributed by atoms with Gasteiger partial charge in [-0.3, -0.25) is 14.5 Å². The average Bonchev–Trinajstić information content (AvgIpc) is 3.40. The van der Waals surface area contributed by atoms with Gasteiger partial charge in [0.05, 0.1) is 30.5 Å². The molecule has 1 aliphatic rings. The second-order valence-electron chi connectivity index (χ2n) is 8.58. The molecule has 0 unspecified atom stereocenters. The monoisotopic (exact) mass is 520 g/mol. The first-order valence-electron chi connectivity index (χ1n) is 12.0. The van der Waals surface area contributed by atoms with Crippen molar-refractivity contribution in [2.24, 2.45) is 0 Å². The van der Waals surface area contributed by atoms with Gasteiger partial charge in [0.25, 0.3) is 5.78 Å². The quantitative estimate of drug-likeness (QED) is 0.185. The summed E-state index contributed by atoms with van der Waals surface area (Å²) < 4.78 is 10.7. The van der Waals surface area contributed by atoms with E-state index in [1.807, 2.05) is 26.0 Å². The first-order valence-corrected chi connectivity index (χ1v) is 12.8. The number of amides is 1. The molecule has 4 rings (SSSR count). The van der Waals surface area contributed by atoms with E-state index in [2.05, 4.69) is 4.98 Å². The lowest BCUT2D eigenvalue weighted by atomic mass is 9.95. The van der Waals surface area contributed by atoms with Crippen LogP contribution in [0.2, 0.25) is 0 Å². The molecule has 0 radical (unpaired) electrons. The topological polar surface area (TPSA) is 106 Å². The number of anilines is 1. The van der Waals surface area contributed by atoms with Crippen LogP contribution < -0.4 is 9.64 Å². The summed E-state index contributed by atoms with van der Waals surface area (Å²) in [7, 11) is 0. The number of thiazole rings is 1. The number of carbonyl (C=O) groups excluding carboxylic acids is 3. The minimum atomic E-state index is -0.933. The molecule has 8 nitrogen and oxygen atoms in total. The molecule has 1 aliphatic heterocycles. The molecule has 1 fully saturated rings. The number of aliphatic hydroxyl groups is 1. The molecular formula is C28H28N2O6S. The van der Waals surface area contributed by atoms with E-state index < -0.39 is 23.7 Å². The zero-order chi connectivity index (χ0) is 26.7. The summed E-state index contributed by atoms with van der Waals surface area (Å²) >= 11 is 0.978. The molecular weight excluding hydrogens is 492 g/mol. The van der Waals surface area contributed by atoms with E-state index in [1.54, 1.807) is 50.2 Å². The Balaban J connectivity index is 1.84. The zero-order valence-corrected chi connectivity index (χ0v) is 21.9. The first-order chi connectivity index (χ1) is 17.8. The lowest BCUT2D eigenvalue weighted by Gasteiger charge is -2.23. The van der Waals surface area contributed by atoms with E-state index in [4.69, 9.17) is 9.47 Å². The summed E-state index contributed by atoms with van der Waals surface area (Å²) in [5.74, 6) is -1.87. The Morgan fingerprint density at radius 3 is 2.35 bits per heavy atom. The number of esters is 1. The molecule has 37 heavy (non-hydrogen) atoms. The second-order valence-corrected chi connectivity index (χ2v) is 9.56. The van der Waals surface area contributed by atoms with E-state index in [9.17, 15) is 19.5 Å². The van der Waals surface area contributed by atoms with Gasteiger partial charge >= 0.3 is 11.9 Å². The second kappa shape index (κ2) is 11.0. The maximum Gasteiger partial charge on any atom is 0.350 e. The highest BCUT2D eigenvalue weighted by atomic mass is 32.1. The molecule has 0 saturated carbocycles. The van der Waals surface area contributed by atoms with Gasteiger partial charge in [0.15, 0.2) is 5.13 Å². The van der Waals surface area contributed by atoms with Crippen LogP contribution in [-0.2, 0) is 14.3 Å². The van der Waals surface area contributed by atoms with Crippen molar-refractivity contribution in [3.63, 3.8) is 0 Å². The highest BCUT2D eigenvalue weighted by Crippen LogP contribution is 2.44. The number of benzene rings is 2. The predicted octanol–water partition coefficient (Wildman–Crippen LogP) is 5.35. The van der Waals surface area contributed by atoms with Crippen molar-refractivity contribution in [2.75, 3.05) is 18.1 Å². The third-order valence-electron chi connectivity index (χ3n) is 5.89. The Kier molecular flexibility index (Phi) is 7.73. The fraction of sp³-hybridized carbons (Fsp3) is 0.286. The molecule has 0 bridgehead atoms. The fourth-order valence-electron chi connectivity index (χ4n) is 4.05. The van der Waals surface area contributed by atoms with E-state index in [0.29, 0.717) is 29.2 Å². The van der Waals surface area contributed by atoms with Gasteiger partial charge in [-0.2, -0.15) is 0 Å². The number of hydrogen-bond acceptors (Lipinski definition) is 8. The molecule has 1 amide bonds. The highest BCUT2D eigenvalue weighted by Gasteiger charge is 2.48. The zero-order valence-electron chi connectivity index (χ0n) is 21.1. The van der Waals surface area contributed by atoms with Gasteiger partial charge in [0.2, 0.25) is 0 Å². The number of carbonyl (C=O) groups is 3. The van der Waals surface area contributed by atoms with Gasteiger partial charge in [0.1, 0.15) is 16.4 Å². The van der Waals surface area contributed by atoms with Crippen molar-refractivity contribution >= 4 is 39.9 Å². The standard InChI is InChI=1S/C28H28N2O6S/c1-5-15-36-20-13-11-19(12-14-20)23(31)21-22(18-9-7-16(3)8-10-18)30(26(33)24(21)32)28-29-17(4)25(37-28)27(34)35-6-2/h7-14,22,31H,5-6,15H2,1-4H3/b23-21+/t22-/m0/s1. The summed E-state index contributed by atoms with van der Waals surface area (Å²) in [5.41, 5.74) is 2.34. The SMILES string of the molecule is CCCOc1ccc(/C(O)=C2\C(=O)C(=O)N(c3nc(C)c(C(=O)OCC)s3)[C@H]2c2ccc(C)cc2)cc1. The van der Waals surface area contributed by atoms with Gasteiger partial charge < -0.3 is 14.6 Å². The van der Waals surface area contributed by atoms with Crippen LogP contribution in [0, 0.1) is 13.8 Å². The molecule has 0 aliphatic carbocycles. The predicted molar refractivity (Wildman–Crippen MR) is 141 cm³/mol. The number of ether oxygens (including phenoxy) is 2. The van der Waals surface area contributed by atoms with Gasteiger partial charge in [-0.1, -0.05) is 48.1 Å². The lowest BCUT2D eigenvalue weighted by Crippen LogP contribution is -2.29. The number of rotatable bonds is 8. The number of ketones is 1. The van der Waals surface area contributed by atoms with E-state index in [-0.39, 0.29) is 27.9 Å². The number of aryl methyl sites for hydroxylation is 2. The molecule has 1 atom stereocenters. The highest BCUT2D eigenvalue weighted by molar-refractivity contribution is 7.17. The van der Waals surface area contributed by atoms with Crippen LogP contribution >= 0.6 is 11.3 Å². The average molecular weight is 521 g/mol. The van der Waals surface area contributed by atoms with Gasteiger partial charge in [-0.25, -0.2) is 9.78 Å². The molecule has 9 heteroatoms. The number of aliphatic hydroxyl groups excluding tert-OH is 1. The van der Waals surface area contributed by atoms with Crippen LogP contribution in [0.1, 0.15) is 58.4 Å². The lowest BCUT2D eigenvalue weighted by molar-refractivity contribution is -0.132. The van der Waals surface area contributed by atoms with Crippen LogP contribution in [-0.4, -0.2) is 41.0 Å². The summed E-state index contributed by atoms with van der Waals surface area (Å²) in [5, 5.41) is 11.5. The normalized spacial score (nSPS) is 16.8. The van der Waals surface area contributed by atoms with Crippen LogP contribution in [0.5, 0.6) is 5.75 Å². The Morgan fingerprint density at radius 2 is 1.73 bits per heavy atom. The van der Waals surface area contributed by atoms with Crippen molar-refractivity contribution in [1.29, 1.82) is 0 Å². The summed E-state index contributed by atoms with van der Waals surface area (Å²) in [4.78, 5) is 45.0. The van der Waals surface area contributed by atoms with Crippen LogP contribution in [0.3, 0.4) is 0 Å². The van der Waals surface area contributed by atoms with Crippen molar-refractivity contribution in [3.05, 3.63) is 81.4 Å². The van der Waals surface area contributed by atoms with Crippen molar-refractivity contribution in [1.82, 2.24) is 4.98 Å². The summed E-state index contributed by atoms with van der Waals surface area (Å²) in [6.07, 6.45) is 0.857. The molecule has 192 valence electrons. The van der Waals surface area contributed by atoms with E-state index >= 15 is 0 Å². The molecule has 3 aromatic rings. The Morgan fingerprint density at radius 1 is 1.05 bits per heavy atom. The van der Waals surface area contributed by atoms with E-state index in [1.165, 1.54) is 4.90 Å². The van der Waals surface area contributed by atoms with Crippen molar-refractivity contribution < 1.29 is 29.0 Å². The molecule has 2 aromatic carbocycles. The molecule has 1 saturated heterocycles. The Hall–Kier alpha value is -3.98. The summed E-state index contributed by atoms with van der Waals surface area (Å²) in [6, 6.07) is 13.1. The fourth-order valence-corrected chi connectivity index (χ4v) is 5.04. The van der Waals surface area contributed by atoms with Crippen molar-refractivity contribution in [3.8, 4) is 5.75 Å². The van der Waals surface area contributed by atoms with Crippen molar-refractivity contribution in [2.45, 2.75) is 40.2 Å². The molecule has 1 aromatic heterocycles. The van der Waals surface area contributed by atoms with Crippen LogP contribution in [0.15, 0.2) is 54.1 Å².